The molecule has 2 aliphatic carbocycles. The molecule has 4 nitrogen and oxygen atoms in total. The second-order valence-electron chi connectivity index (χ2n) is 6.43. The maximum atomic E-state index is 12.4. The molecule has 0 heterocycles. The lowest BCUT2D eigenvalue weighted by Gasteiger charge is -2.44. The number of esters is 1. The Bertz CT molecular complexity index is 314. The fraction of sp³-hybridized carbons (Fsp3) is 0.938. The number of hydrogen-bond acceptors (Lipinski definition) is 4. The molecular formula is C16H29NO3. The molecule has 0 aromatic heterocycles. The van der Waals surface area contributed by atoms with Crippen LogP contribution in [-0.4, -0.2) is 38.4 Å². The lowest BCUT2D eigenvalue weighted by molar-refractivity contribution is -0.154. The van der Waals surface area contributed by atoms with Gasteiger partial charge in [-0.05, 0) is 50.9 Å². The molecule has 0 aromatic carbocycles. The largest absolute Gasteiger partial charge is 0.465 e. The van der Waals surface area contributed by atoms with Gasteiger partial charge < -0.3 is 9.47 Å². The zero-order chi connectivity index (χ0) is 14.5. The molecule has 0 bridgehead atoms. The van der Waals surface area contributed by atoms with E-state index in [9.17, 15) is 4.79 Å². The fourth-order valence-electron chi connectivity index (χ4n) is 3.95. The summed E-state index contributed by atoms with van der Waals surface area (Å²) >= 11 is 0. The zero-order valence-corrected chi connectivity index (χ0v) is 13.0. The molecule has 0 atom stereocenters. The Balaban J connectivity index is 1.99. The summed E-state index contributed by atoms with van der Waals surface area (Å²) in [5.74, 6) is -0.0658. The lowest BCUT2D eigenvalue weighted by Crippen LogP contribution is -2.56. The van der Waals surface area contributed by atoms with Crippen LogP contribution in [-0.2, 0) is 14.3 Å². The van der Waals surface area contributed by atoms with Crippen LogP contribution in [0.25, 0.3) is 0 Å². The summed E-state index contributed by atoms with van der Waals surface area (Å²) in [7, 11) is 1.69. The smallest absolute Gasteiger partial charge is 0.326 e. The van der Waals surface area contributed by atoms with Gasteiger partial charge in [-0.15, -0.1) is 0 Å². The van der Waals surface area contributed by atoms with Crippen LogP contribution in [0.3, 0.4) is 0 Å². The predicted octanol–water partition coefficient (Wildman–Crippen LogP) is 2.66. The SMILES string of the molecule is CCOC(=O)C1(NCCOC)CCC2(CCCC2)CC1. The Hall–Kier alpha value is -0.610. The van der Waals surface area contributed by atoms with Crippen LogP contribution in [0.4, 0.5) is 0 Å². The summed E-state index contributed by atoms with van der Waals surface area (Å²) in [5.41, 5.74) is 0.0569. The van der Waals surface area contributed by atoms with Crippen molar-refractivity contribution in [1.29, 1.82) is 0 Å². The molecule has 1 spiro atoms. The van der Waals surface area contributed by atoms with Crippen molar-refractivity contribution in [3.63, 3.8) is 0 Å². The van der Waals surface area contributed by atoms with Gasteiger partial charge in [-0.2, -0.15) is 0 Å². The van der Waals surface area contributed by atoms with Crippen molar-refractivity contribution in [3.05, 3.63) is 0 Å². The summed E-state index contributed by atoms with van der Waals surface area (Å²) in [6, 6.07) is 0. The maximum absolute atomic E-state index is 12.4. The molecule has 116 valence electrons. The van der Waals surface area contributed by atoms with Crippen molar-refractivity contribution in [3.8, 4) is 0 Å². The Morgan fingerprint density at radius 1 is 1.10 bits per heavy atom. The maximum Gasteiger partial charge on any atom is 0.326 e. The summed E-state index contributed by atoms with van der Waals surface area (Å²) in [6.45, 7) is 3.67. The monoisotopic (exact) mass is 283 g/mol. The highest BCUT2D eigenvalue weighted by atomic mass is 16.5. The van der Waals surface area contributed by atoms with E-state index in [1.165, 1.54) is 25.7 Å². The summed E-state index contributed by atoms with van der Waals surface area (Å²) < 4.78 is 10.4. The van der Waals surface area contributed by atoms with E-state index in [0.29, 0.717) is 25.2 Å². The standard InChI is InChI=1S/C16H29NO3/c1-3-20-14(18)16(17-12-13-19-2)10-8-15(9-11-16)6-4-5-7-15/h17H,3-13H2,1-2H3. The fourth-order valence-corrected chi connectivity index (χ4v) is 3.95. The van der Waals surface area contributed by atoms with Crippen LogP contribution < -0.4 is 5.32 Å². The van der Waals surface area contributed by atoms with Gasteiger partial charge in [-0.3, -0.25) is 10.1 Å². The molecule has 2 rings (SSSR count). The van der Waals surface area contributed by atoms with E-state index in [1.54, 1.807) is 7.11 Å². The van der Waals surface area contributed by atoms with E-state index >= 15 is 0 Å². The van der Waals surface area contributed by atoms with E-state index in [-0.39, 0.29) is 5.97 Å². The van der Waals surface area contributed by atoms with Crippen LogP contribution in [0, 0.1) is 5.41 Å². The van der Waals surface area contributed by atoms with Crippen LogP contribution in [0.5, 0.6) is 0 Å². The van der Waals surface area contributed by atoms with Gasteiger partial charge in [0.25, 0.3) is 0 Å². The minimum Gasteiger partial charge on any atom is -0.465 e. The quantitative estimate of drug-likeness (QED) is 0.601. The molecule has 2 fully saturated rings. The molecule has 2 saturated carbocycles. The van der Waals surface area contributed by atoms with Crippen LogP contribution in [0.2, 0.25) is 0 Å². The average Bonchev–Trinajstić information content (AvgIpc) is 2.91. The molecule has 1 N–H and O–H groups in total. The lowest BCUT2D eigenvalue weighted by atomic mass is 9.66. The van der Waals surface area contributed by atoms with Crippen molar-refractivity contribution >= 4 is 5.97 Å². The minimum atomic E-state index is -0.470. The normalized spacial score (nSPS) is 23.9. The Labute approximate surface area is 122 Å². The Morgan fingerprint density at radius 2 is 1.75 bits per heavy atom. The summed E-state index contributed by atoms with van der Waals surface area (Å²) in [6.07, 6.45) is 9.57. The first kappa shape index (κ1) is 15.8. The van der Waals surface area contributed by atoms with E-state index in [2.05, 4.69) is 5.32 Å². The van der Waals surface area contributed by atoms with Gasteiger partial charge in [0.15, 0.2) is 0 Å². The molecule has 0 aliphatic heterocycles. The van der Waals surface area contributed by atoms with E-state index in [0.717, 1.165) is 25.7 Å². The van der Waals surface area contributed by atoms with Crippen molar-refractivity contribution in [2.45, 2.75) is 63.8 Å². The topological polar surface area (TPSA) is 47.6 Å². The van der Waals surface area contributed by atoms with Gasteiger partial charge in [0.2, 0.25) is 0 Å². The van der Waals surface area contributed by atoms with Crippen molar-refractivity contribution in [2.75, 3.05) is 26.9 Å². The molecule has 0 saturated heterocycles. The number of methoxy groups -OCH3 is 1. The third kappa shape index (κ3) is 3.34. The number of ether oxygens (including phenoxy) is 2. The van der Waals surface area contributed by atoms with Gasteiger partial charge in [0, 0.05) is 13.7 Å². The predicted molar refractivity (Wildman–Crippen MR) is 78.6 cm³/mol. The number of carbonyl (C=O) groups is 1. The number of rotatable bonds is 6. The van der Waals surface area contributed by atoms with Crippen LogP contribution >= 0.6 is 0 Å². The molecule has 0 radical (unpaired) electrons. The minimum absolute atomic E-state index is 0.0658. The molecule has 2 aliphatic rings. The first-order chi connectivity index (χ1) is 9.66. The molecule has 0 aromatic rings. The molecule has 0 unspecified atom stereocenters. The highest BCUT2D eigenvalue weighted by Crippen LogP contribution is 2.51. The van der Waals surface area contributed by atoms with Crippen LogP contribution in [0.15, 0.2) is 0 Å². The molecule has 0 amide bonds. The number of carbonyl (C=O) groups excluding carboxylic acids is 1. The van der Waals surface area contributed by atoms with E-state index in [1.807, 2.05) is 6.92 Å². The van der Waals surface area contributed by atoms with E-state index in [4.69, 9.17) is 9.47 Å². The third-order valence-corrected chi connectivity index (χ3v) is 5.26. The Kier molecular flexibility index (Phi) is 5.44. The van der Waals surface area contributed by atoms with Crippen molar-refractivity contribution in [1.82, 2.24) is 5.32 Å². The number of hydrogen-bond donors (Lipinski definition) is 1. The van der Waals surface area contributed by atoms with Crippen LogP contribution in [0.1, 0.15) is 58.3 Å². The second kappa shape index (κ2) is 6.90. The first-order valence-corrected chi connectivity index (χ1v) is 8.08. The van der Waals surface area contributed by atoms with E-state index < -0.39 is 5.54 Å². The van der Waals surface area contributed by atoms with Crippen molar-refractivity contribution < 1.29 is 14.3 Å². The van der Waals surface area contributed by atoms with Crippen molar-refractivity contribution in [2.24, 2.45) is 5.41 Å². The highest BCUT2D eigenvalue weighted by molar-refractivity contribution is 5.81. The van der Waals surface area contributed by atoms with Gasteiger partial charge in [0.05, 0.1) is 13.2 Å². The molecular weight excluding hydrogens is 254 g/mol. The molecule has 20 heavy (non-hydrogen) atoms. The second-order valence-corrected chi connectivity index (χ2v) is 6.43. The van der Waals surface area contributed by atoms with Gasteiger partial charge in [-0.25, -0.2) is 0 Å². The van der Waals surface area contributed by atoms with Gasteiger partial charge in [0.1, 0.15) is 5.54 Å². The summed E-state index contributed by atoms with van der Waals surface area (Å²) in [4.78, 5) is 12.4. The summed E-state index contributed by atoms with van der Waals surface area (Å²) in [5, 5.41) is 3.43. The third-order valence-electron chi connectivity index (χ3n) is 5.26. The highest BCUT2D eigenvalue weighted by Gasteiger charge is 2.48. The zero-order valence-electron chi connectivity index (χ0n) is 13.0. The van der Waals surface area contributed by atoms with Gasteiger partial charge >= 0.3 is 5.97 Å². The van der Waals surface area contributed by atoms with Gasteiger partial charge in [-0.1, -0.05) is 12.8 Å². The first-order valence-electron chi connectivity index (χ1n) is 8.08. The Morgan fingerprint density at radius 3 is 2.30 bits per heavy atom. The average molecular weight is 283 g/mol. The molecule has 4 heteroatoms. The number of nitrogens with one attached hydrogen (secondary N) is 1.